The standard InChI is InChI=1S/C18H23NO2/c1-10-3-4-11-9-13-12-5-6-14(20)17-18(12,7-8-19(13)2)15(11)16(10)21-17/h3-4,12-14,17,20H,5-9H2,1-2H3/t12-,13-,14-,17-,18-/m0/s1. The number of likely N-dealkylation sites (N-methyl/N-ethyl adjacent to an activating group) is 1. The number of hydrogen-bond donors (Lipinski definition) is 1. The Hall–Kier alpha value is -1.06. The number of aryl methyl sites for hydroxylation is 1. The first kappa shape index (κ1) is 12.5. The molecule has 1 aromatic rings. The summed E-state index contributed by atoms with van der Waals surface area (Å²) in [5.74, 6) is 1.76. The van der Waals surface area contributed by atoms with E-state index in [9.17, 15) is 5.11 Å². The van der Waals surface area contributed by atoms with Gasteiger partial charge in [-0.15, -0.1) is 0 Å². The van der Waals surface area contributed by atoms with E-state index >= 15 is 0 Å². The third kappa shape index (κ3) is 1.29. The van der Waals surface area contributed by atoms with Crippen LogP contribution in [0.3, 0.4) is 0 Å². The first-order chi connectivity index (χ1) is 10.1. The molecule has 0 radical (unpaired) electrons. The average Bonchev–Trinajstić information content (AvgIpc) is 2.83. The quantitative estimate of drug-likeness (QED) is 0.791. The SMILES string of the molecule is Cc1ccc2c3c1O[C@H]1[C@@H](O)CC[C@H]4[C@H](C2)N(C)CC[C@@]341. The number of likely N-dealkylation sites (tertiary alicyclic amines) is 1. The predicted molar refractivity (Wildman–Crippen MR) is 80.7 cm³/mol. The number of ether oxygens (including phenoxy) is 1. The van der Waals surface area contributed by atoms with Gasteiger partial charge < -0.3 is 14.7 Å². The van der Waals surface area contributed by atoms with Crippen molar-refractivity contribution in [3.63, 3.8) is 0 Å². The van der Waals surface area contributed by atoms with Gasteiger partial charge in [0.25, 0.3) is 0 Å². The fourth-order valence-corrected chi connectivity index (χ4v) is 5.86. The summed E-state index contributed by atoms with van der Waals surface area (Å²) in [5.41, 5.74) is 4.27. The molecule has 1 spiro atoms. The lowest BCUT2D eigenvalue weighted by Crippen LogP contribution is -2.66. The molecule has 21 heavy (non-hydrogen) atoms. The summed E-state index contributed by atoms with van der Waals surface area (Å²) >= 11 is 0. The fraction of sp³-hybridized carbons (Fsp3) is 0.667. The molecule has 2 bridgehead atoms. The second-order valence-corrected chi connectivity index (χ2v) is 7.58. The lowest BCUT2D eigenvalue weighted by Gasteiger charge is -2.58. The van der Waals surface area contributed by atoms with Crippen LogP contribution in [0.5, 0.6) is 5.75 Å². The molecule has 0 aromatic heterocycles. The Morgan fingerprint density at radius 2 is 2.19 bits per heavy atom. The Morgan fingerprint density at radius 1 is 1.33 bits per heavy atom. The number of rotatable bonds is 0. The maximum absolute atomic E-state index is 10.6. The highest BCUT2D eigenvalue weighted by Crippen LogP contribution is 2.62. The van der Waals surface area contributed by atoms with Crippen molar-refractivity contribution < 1.29 is 9.84 Å². The molecule has 1 aromatic carbocycles. The van der Waals surface area contributed by atoms with Gasteiger partial charge in [0.2, 0.25) is 0 Å². The summed E-state index contributed by atoms with van der Waals surface area (Å²) < 4.78 is 6.39. The van der Waals surface area contributed by atoms with Crippen molar-refractivity contribution in [3.05, 3.63) is 28.8 Å². The smallest absolute Gasteiger partial charge is 0.135 e. The first-order valence-electron chi connectivity index (χ1n) is 8.31. The van der Waals surface area contributed by atoms with Crippen LogP contribution in [0.4, 0.5) is 0 Å². The van der Waals surface area contributed by atoms with Gasteiger partial charge in [-0.05, 0) is 63.2 Å². The second kappa shape index (κ2) is 3.82. The summed E-state index contributed by atoms with van der Waals surface area (Å²) in [4.78, 5) is 2.55. The van der Waals surface area contributed by atoms with E-state index in [1.165, 1.54) is 16.7 Å². The zero-order valence-corrected chi connectivity index (χ0v) is 12.8. The molecule has 3 heteroatoms. The van der Waals surface area contributed by atoms with Gasteiger partial charge in [0.15, 0.2) is 0 Å². The largest absolute Gasteiger partial charge is 0.486 e. The Labute approximate surface area is 125 Å². The highest BCUT2D eigenvalue weighted by atomic mass is 16.5. The molecule has 2 aliphatic carbocycles. The summed E-state index contributed by atoms with van der Waals surface area (Å²) in [5, 5.41) is 10.6. The monoisotopic (exact) mass is 285 g/mol. The highest BCUT2D eigenvalue weighted by molar-refractivity contribution is 5.58. The third-order valence-corrected chi connectivity index (χ3v) is 6.78. The van der Waals surface area contributed by atoms with Crippen LogP contribution in [-0.4, -0.2) is 41.8 Å². The molecule has 5 rings (SSSR count). The lowest BCUT2D eigenvalue weighted by atomic mass is 9.51. The van der Waals surface area contributed by atoms with Crippen molar-refractivity contribution in [1.82, 2.24) is 4.90 Å². The van der Waals surface area contributed by atoms with Gasteiger partial charge in [-0.2, -0.15) is 0 Å². The molecule has 3 nitrogen and oxygen atoms in total. The van der Waals surface area contributed by atoms with Gasteiger partial charge in [0, 0.05) is 17.0 Å². The van der Waals surface area contributed by atoms with E-state index in [4.69, 9.17) is 4.74 Å². The van der Waals surface area contributed by atoms with E-state index in [-0.39, 0.29) is 17.6 Å². The third-order valence-electron chi connectivity index (χ3n) is 6.78. The van der Waals surface area contributed by atoms with Crippen LogP contribution in [0.25, 0.3) is 0 Å². The summed E-state index contributed by atoms with van der Waals surface area (Å²) in [6.07, 6.45) is 4.01. The molecule has 2 aliphatic heterocycles. The van der Waals surface area contributed by atoms with Gasteiger partial charge in [-0.3, -0.25) is 0 Å². The molecule has 2 fully saturated rings. The Bertz CT molecular complexity index is 628. The van der Waals surface area contributed by atoms with Gasteiger partial charge in [0.05, 0.1) is 6.10 Å². The molecule has 0 amide bonds. The van der Waals surface area contributed by atoms with E-state index in [0.717, 1.165) is 38.0 Å². The fourth-order valence-electron chi connectivity index (χ4n) is 5.86. The lowest BCUT2D eigenvalue weighted by molar-refractivity contribution is -0.0992. The van der Waals surface area contributed by atoms with Crippen LogP contribution in [-0.2, 0) is 11.8 Å². The van der Waals surface area contributed by atoms with E-state index in [0.29, 0.717) is 12.0 Å². The van der Waals surface area contributed by atoms with Crippen LogP contribution in [0, 0.1) is 12.8 Å². The molecule has 112 valence electrons. The zero-order chi connectivity index (χ0) is 14.4. The minimum atomic E-state index is -0.303. The molecule has 1 N–H and O–H groups in total. The molecule has 2 heterocycles. The highest BCUT2D eigenvalue weighted by Gasteiger charge is 2.64. The maximum Gasteiger partial charge on any atom is 0.135 e. The van der Waals surface area contributed by atoms with Crippen LogP contribution in [0.1, 0.15) is 36.0 Å². The van der Waals surface area contributed by atoms with Gasteiger partial charge >= 0.3 is 0 Å². The van der Waals surface area contributed by atoms with E-state index < -0.39 is 0 Å². The topological polar surface area (TPSA) is 32.7 Å². The van der Waals surface area contributed by atoms with E-state index in [1.807, 2.05) is 0 Å². The van der Waals surface area contributed by atoms with Crippen LogP contribution in [0.15, 0.2) is 12.1 Å². The van der Waals surface area contributed by atoms with Crippen LogP contribution < -0.4 is 4.74 Å². The van der Waals surface area contributed by atoms with Gasteiger partial charge in [0.1, 0.15) is 11.9 Å². The van der Waals surface area contributed by atoms with Crippen LogP contribution in [0.2, 0.25) is 0 Å². The molecule has 4 aliphatic rings. The minimum absolute atomic E-state index is 0.0115. The average molecular weight is 285 g/mol. The Morgan fingerprint density at radius 3 is 3.05 bits per heavy atom. The normalized spacial score (nSPS) is 43.4. The van der Waals surface area contributed by atoms with Crippen molar-refractivity contribution in [2.45, 2.75) is 56.3 Å². The van der Waals surface area contributed by atoms with Crippen molar-refractivity contribution in [2.75, 3.05) is 13.6 Å². The molecule has 1 saturated carbocycles. The van der Waals surface area contributed by atoms with E-state index in [2.05, 4.69) is 31.0 Å². The van der Waals surface area contributed by atoms with Crippen molar-refractivity contribution >= 4 is 0 Å². The second-order valence-electron chi connectivity index (χ2n) is 7.58. The molecule has 1 saturated heterocycles. The summed E-state index contributed by atoms with van der Waals surface area (Å²) in [6, 6.07) is 5.13. The minimum Gasteiger partial charge on any atom is -0.486 e. The van der Waals surface area contributed by atoms with Crippen molar-refractivity contribution in [3.8, 4) is 5.75 Å². The summed E-state index contributed by atoms with van der Waals surface area (Å²) in [6.45, 7) is 3.27. The number of benzene rings is 1. The number of nitrogens with zero attached hydrogens (tertiary/aromatic N) is 1. The van der Waals surface area contributed by atoms with Gasteiger partial charge in [-0.25, -0.2) is 0 Å². The molecule has 0 unspecified atom stereocenters. The predicted octanol–water partition coefficient (Wildman–Crippen LogP) is 2.02. The summed E-state index contributed by atoms with van der Waals surface area (Å²) in [7, 11) is 2.27. The Balaban J connectivity index is 1.81. The zero-order valence-electron chi connectivity index (χ0n) is 12.8. The molecule has 5 atom stereocenters. The maximum atomic E-state index is 10.6. The van der Waals surface area contributed by atoms with Crippen molar-refractivity contribution in [1.29, 1.82) is 0 Å². The Kier molecular flexibility index (Phi) is 2.27. The first-order valence-corrected chi connectivity index (χ1v) is 8.31. The molecular formula is C18H23NO2. The molecular weight excluding hydrogens is 262 g/mol. The number of hydrogen-bond acceptors (Lipinski definition) is 3. The van der Waals surface area contributed by atoms with E-state index in [1.54, 1.807) is 0 Å². The van der Waals surface area contributed by atoms with Gasteiger partial charge in [-0.1, -0.05) is 12.1 Å². The number of aliphatic hydroxyl groups excluding tert-OH is 1. The van der Waals surface area contributed by atoms with Crippen LogP contribution >= 0.6 is 0 Å². The number of piperidine rings is 1. The number of aliphatic hydroxyl groups is 1. The van der Waals surface area contributed by atoms with Crippen molar-refractivity contribution in [2.24, 2.45) is 5.92 Å².